The molecule has 0 unspecified atom stereocenters. The Balaban J connectivity index is 0.000000640. The molecule has 0 aromatic carbocycles. The quantitative estimate of drug-likeness (QED) is 0.234. The molecule has 9 heavy (non-hydrogen) atoms. The SMILES string of the molecule is O=NN([O-])N1CCC1.[Na+]. The van der Waals surface area contributed by atoms with Gasteiger partial charge < -0.3 is 5.21 Å². The predicted octanol–water partition coefficient (Wildman–Crippen LogP) is -2.91. The third-order valence-corrected chi connectivity index (χ3v) is 1.14. The van der Waals surface area contributed by atoms with E-state index in [1.54, 1.807) is 0 Å². The summed E-state index contributed by atoms with van der Waals surface area (Å²) in [4.78, 5) is 9.46. The third kappa shape index (κ3) is 2.19. The van der Waals surface area contributed by atoms with Crippen LogP contribution in [0.5, 0.6) is 0 Å². The molecule has 1 aliphatic rings. The zero-order valence-electron chi connectivity index (χ0n) is 5.28. The molecular weight excluding hydrogens is 133 g/mol. The van der Waals surface area contributed by atoms with E-state index in [-0.39, 0.29) is 34.8 Å². The monoisotopic (exact) mass is 139 g/mol. The van der Waals surface area contributed by atoms with Gasteiger partial charge in [-0.3, -0.25) is 5.28 Å². The van der Waals surface area contributed by atoms with Gasteiger partial charge in [0.25, 0.3) is 0 Å². The molecule has 46 valence electrons. The summed E-state index contributed by atoms with van der Waals surface area (Å²) in [6.07, 6.45) is 0.980. The van der Waals surface area contributed by atoms with Gasteiger partial charge in [-0.2, -0.15) is 0 Å². The fraction of sp³-hybridized carbons (Fsp3) is 1.00. The molecule has 0 aliphatic carbocycles. The topological polar surface area (TPSA) is 59.0 Å². The minimum absolute atomic E-state index is 0. The second-order valence-corrected chi connectivity index (χ2v) is 1.64. The smallest absolute Gasteiger partial charge is 0.724 e. The van der Waals surface area contributed by atoms with Gasteiger partial charge in [-0.05, 0) is 6.42 Å². The van der Waals surface area contributed by atoms with E-state index in [9.17, 15) is 10.1 Å². The molecule has 0 saturated carbocycles. The summed E-state index contributed by atoms with van der Waals surface area (Å²) in [7, 11) is 0. The molecule has 0 atom stereocenters. The number of nitroso groups, excluding NO2 is 1. The molecule has 0 radical (unpaired) electrons. The van der Waals surface area contributed by atoms with Crippen LogP contribution in [0.1, 0.15) is 6.42 Å². The minimum atomic E-state index is 0. The molecule has 1 rings (SSSR count). The van der Waals surface area contributed by atoms with Crippen LogP contribution in [0.2, 0.25) is 0 Å². The average molecular weight is 139 g/mol. The molecular formula is C3H6N3NaO2. The van der Waals surface area contributed by atoms with E-state index >= 15 is 0 Å². The van der Waals surface area contributed by atoms with Gasteiger partial charge in [0, 0.05) is 13.1 Å². The zero-order chi connectivity index (χ0) is 5.98. The molecule has 0 aromatic rings. The summed E-state index contributed by atoms with van der Waals surface area (Å²) in [5.74, 6) is 0. The first kappa shape index (κ1) is 9.32. The van der Waals surface area contributed by atoms with Crippen molar-refractivity contribution < 1.29 is 29.6 Å². The maximum Gasteiger partial charge on any atom is 1.00 e. The molecule has 1 aliphatic heterocycles. The second kappa shape index (κ2) is 4.19. The van der Waals surface area contributed by atoms with Crippen LogP contribution in [0.15, 0.2) is 5.29 Å². The van der Waals surface area contributed by atoms with Crippen LogP contribution < -0.4 is 29.6 Å². The summed E-state index contributed by atoms with van der Waals surface area (Å²) in [6, 6.07) is 0. The van der Waals surface area contributed by atoms with Crippen molar-refractivity contribution >= 4 is 0 Å². The van der Waals surface area contributed by atoms with Crippen LogP contribution in [0.3, 0.4) is 0 Å². The second-order valence-electron chi connectivity index (χ2n) is 1.64. The molecule has 5 nitrogen and oxygen atoms in total. The van der Waals surface area contributed by atoms with E-state index in [4.69, 9.17) is 0 Å². The maximum absolute atomic E-state index is 10.2. The van der Waals surface area contributed by atoms with Gasteiger partial charge in [0.2, 0.25) is 0 Å². The van der Waals surface area contributed by atoms with Crippen LogP contribution in [-0.2, 0) is 0 Å². The Morgan fingerprint density at radius 3 is 2.22 bits per heavy atom. The maximum atomic E-state index is 10.2. The minimum Gasteiger partial charge on any atom is -0.724 e. The third-order valence-electron chi connectivity index (χ3n) is 1.14. The number of nitrogens with zero attached hydrogens (tertiary/aromatic N) is 3. The van der Waals surface area contributed by atoms with Crippen LogP contribution in [0.4, 0.5) is 0 Å². The number of hydrazine groups is 1. The van der Waals surface area contributed by atoms with Crippen molar-refractivity contribution in [2.24, 2.45) is 5.29 Å². The Labute approximate surface area is 74.8 Å². The van der Waals surface area contributed by atoms with Crippen molar-refractivity contribution in [3.63, 3.8) is 0 Å². The van der Waals surface area contributed by atoms with Gasteiger partial charge in [0.05, 0.1) is 5.29 Å². The van der Waals surface area contributed by atoms with Gasteiger partial charge in [0.1, 0.15) is 0 Å². The standard InChI is InChI=1S/C3H6N3O2.Na/c7-4-6(8)5-2-1-3-5;/h1-3H2;/q-1;+1. The van der Waals surface area contributed by atoms with Gasteiger partial charge in [-0.15, -0.1) is 4.91 Å². The van der Waals surface area contributed by atoms with Crippen molar-refractivity contribution in [1.82, 2.24) is 10.3 Å². The number of hydrogen-bond donors (Lipinski definition) is 0. The molecule has 1 saturated heterocycles. The number of rotatable bonds is 2. The summed E-state index contributed by atoms with van der Waals surface area (Å²) in [5, 5.41) is 13.7. The van der Waals surface area contributed by atoms with E-state index in [1.165, 1.54) is 5.01 Å². The van der Waals surface area contributed by atoms with Crippen LogP contribution >= 0.6 is 0 Å². The fourth-order valence-electron chi connectivity index (χ4n) is 0.522. The van der Waals surface area contributed by atoms with E-state index in [0.717, 1.165) is 6.42 Å². The summed E-state index contributed by atoms with van der Waals surface area (Å²) >= 11 is 0. The first-order chi connectivity index (χ1) is 3.84. The van der Waals surface area contributed by atoms with Crippen LogP contribution in [0.25, 0.3) is 0 Å². The largest absolute Gasteiger partial charge is 1.00 e. The zero-order valence-corrected chi connectivity index (χ0v) is 7.28. The Hall–Kier alpha value is 0.320. The van der Waals surface area contributed by atoms with Crippen LogP contribution in [-0.4, -0.2) is 23.4 Å². The van der Waals surface area contributed by atoms with E-state index in [2.05, 4.69) is 5.29 Å². The molecule has 0 N–H and O–H groups in total. The van der Waals surface area contributed by atoms with Crippen LogP contribution in [0, 0.1) is 10.1 Å². The number of hydrogen-bond acceptors (Lipinski definition) is 4. The Kier molecular flexibility index (Phi) is 4.33. The van der Waals surface area contributed by atoms with Crippen molar-refractivity contribution in [3.05, 3.63) is 10.1 Å². The van der Waals surface area contributed by atoms with E-state index in [0.29, 0.717) is 13.1 Å². The van der Waals surface area contributed by atoms with Gasteiger partial charge in [-0.1, -0.05) is 0 Å². The molecule has 6 heteroatoms. The van der Waals surface area contributed by atoms with Crippen molar-refractivity contribution in [1.29, 1.82) is 0 Å². The Morgan fingerprint density at radius 2 is 2.11 bits per heavy atom. The molecule has 1 heterocycles. The first-order valence-electron chi connectivity index (χ1n) is 2.40. The predicted molar refractivity (Wildman–Crippen MR) is 27.2 cm³/mol. The van der Waals surface area contributed by atoms with E-state index < -0.39 is 0 Å². The van der Waals surface area contributed by atoms with Gasteiger partial charge in [-0.25, -0.2) is 5.01 Å². The van der Waals surface area contributed by atoms with Crippen molar-refractivity contribution in [3.8, 4) is 0 Å². The molecule has 0 spiro atoms. The molecule has 1 fully saturated rings. The average Bonchev–Trinajstić information content (AvgIpc) is 1.62. The van der Waals surface area contributed by atoms with Gasteiger partial charge in [0.15, 0.2) is 0 Å². The van der Waals surface area contributed by atoms with E-state index in [1.807, 2.05) is 0 Å². The fourth-order valence-corrected chi connectivity index (χ4v) is 0.522. The Morgan fingerprint density at radius 1 is 1.56 bits per heavy atom. The molecule has 0 aromatic heterocycles. The first-order valence-corrected chi connectivity index (χ1v) is 2.40. The Bertz CT molecular complexity index is 97.1. The molecule has 0 bridgehead atoms. The summed E-state index contributed by atoms with van der Waals surface area (Å²) in [5.41, 5.74) is 0. The summed E-state index contributed by atoms with van der Waals surface area (Å²) in [6.45, 7) is 1.32. The molecule has 0 amide bonds. The summed E-state index contributed by atoms with van der Waals surface area (Å²) < 4.78 is 0. The van der Waals surface area contributed by atoms with Gasteiger partial charge >= 0.3 is 29.6 Å². The van der Waals surface area contributed by atoms with Crippen molar-refractivity contribution in [2.45, 2.75) is 6.42 Å². The van der Waals surface area contributed by atoms with Crippen molar-refractivity contribution in [2.75, 3.05) is 13.1 Å². The normalized spacial score (nSPS) is 17.4.